The molecule has 1 rings (SSSR count). The third-order valence-corrected chi connectivity index (χ3v) is 8.72. The fraction of sp³-hybridized carbons (Fsp3) is 0.696. The van der Waals surface area contributed by atoms with Gasteiger partial charge in [-0.05, 0) is 18.5 Å². The Morgan fingerprint density at radius 3 is 2.12 bits per heavy atom. The van der Waals surface area contributed by atoms with Gasteiger partial charge in [0.15, 0.2) is 0 Å². The van der Waals surface area contributed by atoms with Crippen LogP contribution in [0.3, 0.4) is 0 Å². The van der Waals surface area contributed by atoms with E-state index in [1.807, 2.05) is 18.2 Å². The topological polar surface area (TPSA) is 29.1 Å². The maximum atomic E-state index is 12.3. The molecule has 0 radical (unpaired) electrons. The molecule has 0 aliphatic heterocycles. The minimum Gasteiger partial charge on any atom is -0.350 e. The van der Waals surface area contributed by atoms with E-state index in [1.165, 1.54) is 63.0 Å². The van der Waals surface area contributed by atoms with E-state index in [9.17, 15) is 4.79 Å². The van der Waals surface area contributed by atoms with Gasteiger partial charge in [0.25, 0.3) is 0 Å². The molecule has 0 aromatic heterocycles. The molecule has 148 valence electrons. The zero-order valence-corrected chi connectivity index (χ0v) is 18.7. The third kappa shape index (κ3) is 10.8. The van der Waals surface area contributed by atoms with E-state index >= 15 is 0 Å². The van der Waals surface area contributed by atoms with E-state index in [0.29, 0.717) is 6.42 Å². The highest BCUT2D eigenvalue weighted by molar-refractivity contribution is 6.77. The van der Waals surface area contributed by atoms with Crippen LogP contribution in [0.25, 0.3) is 0 Å². The summed E-state index contributed by atoms with van der Waals surface area (Å²) >= 11 is 0. The highest BCUT2D eigenvalue weighted by atomic mass is 28.3. The zero-order valence-electron chi connectivity index (χ0n) is 17.7. The molecular formula is C23H41NOSi. The molecule has 1 aromatic carbocycles. The van der Waals surface area contributed by atoms with Crippen LogP contribution in [0.1, 0.15) is 83.2 Å². The summed E-state index contributed by atoms with van der Waals surface area (Å²) in [6, 6.07) is 12.8. The lowest BCUT2D eigenvalue weighted by atomic mass is 10.1. The van der Waals surface area contributed by atoms with Crippen molar-refractivity contribution < 1.29 is 4.79 Å². The minimum atomic E-state index is -1.24. The number of rotatable bonds is 14. The number of nitrogens with one attached hydrogen (secondary N) is 1. The van der Waals surface area contributed by atoms with Gasteiger partial charge in [0.05, 0.1) is 6.04 Å². The van der Waals surface area contributed by atoms with Crippen molar-refractivity contribution in [3.8, 4) is 0 Å². The van der Waals surface area contributed by atoms with Gasteiger partial charge < -0.3 is 5.32 Å². The van der Waals surface area contributed by atoms with E-state index in [1.54, 1.807) is 0 Å². The van der Waals surface area contributed by atoms with Crippen molar-refractivity contribution in [2.45, 2.75) is 103 Å². The van der Waals surface area contributed by atoms with Crippen LogP contribution in [-0.2, 0) is 4.79 Å². The first kappa shape index (κ1) is 22.9. The van der Waals surface area contributed by atoms with Crippen LogP contribution in [0.5, 0.6) is 0 Å². The lowest BCUT2D eigenvalue weighted by Crippen LogP contribution is -2.31. The van der Waals surface area contributed by atoms with E-state index in [0.717, 1.165) is 6.04 Å². The van der Waals surface area contributed by atoms with Crippen LogP contribution in [0.2, 0.25) is 25.2 Å². The van der Waals surface area contributed by atoms with Gasteiger partial charge in [-0.15, -0.1) is 0 Å². The monoisotopic (exact) mass is 375 g/mol. The summed E-state index contributed by atoms with van der Waals surface area (Å²) in [6.07, 6.45) is 11.8. The summed E-state index contributed by atoms with van der Waals surface area (Å²) in [5.74, 6) is 0.206. The number of carbonyl (C=O) groups is 1. The molecule has 0 spiro atoms. The van der Waals surface area contributed by atoms with Crippen LogP contribution in [0.15, 0.2) is 30.3 Å². The molecule has 0 aliphatic carbocycles. The quantitative estimate of drug-likeness (QED) is 0.272. The second-order valence-electron chi connectivity index (χ2n) is 8.59. The van der Waals surface area contributed by atoms with Crippen molar-refractivity contribution in [3.63, 3.8) is 0 Å². The minimum absolute atomic E-state index is 0.0983. The van der Waals surface area contributed by atoms with Gasteiger partial charge in [0, 0.05) is 14.5 Å². The molecule has 0 fully saturated rings. The Kier molecular flexibility index (Phi) is 11.6. The zero-order chi connectivity index (χ0) is 19.3. The van der Waals surface area contributed by atoms with Gasteiger partial charge in [-0.25, -0.2) is 0 Å². The van der Waals surface area contributed by atoms with Crippen molar-refractivity contribution in [1.29, 1.82) is 0 Å². The van der Waals surface area contributed by atoms with Crippen LogP contribution in [0, 0.1) is 0 Å². The Bertz CT molecular complexity index is 486. The van der Waals surface area contributed by atoms with Crippen molar-refractivity contribution in [2.24, 2.45) is 0 Å². The first-order valence-corrected chi connectivity index (χ1v) is 14.2. The van der Waals surface area contributed by atoms with Gasteiger partial charge in [-0.3, -0.25) is 4.79 Å². The molecule has 0 aliphatic rings. The van der Waals surface area contributed by atoms with Crippen LogP contribution in [-0.4, -0.2) is 14.0 Å². The largest absolute Gasteiger partial charge is 0.350 e. The molecule has 0 saturated heterocycles. The van der Waals surface area contributed by atoms with Crippen LogP contribution >= 0.6 is 0 Å². The van der Waals surface area contributed by atoms with Crippen molar-refractivity contribution in [3.05, 3.63) is 35.9 Å². The number of hydrogen-bond donors (Lipinski definition) is 1. The third-order valence-electron chi connectivity index (χ3n) is 5.41. The maximum absolute atomic E-state index is 12.3. The molecule has 26 heavy (non-hydrogen) atoms. The molecule has 1 N–H and O–H groups in total. The maximum Gasteiger partial charge on any atom is 0.220 e. The second kappa shape index (κ2) is 13.1. The predicted molar refractivity (Wildman–Crippen MR) is 117 cm³/mol. The lowest BCUT2D eigenvalue weighted by Gasteiger charge is -2.23. The van der Waals surface area contributed by atoms with E-state index in [4.69, 9.17) is 0 Å². The average molecular weight is 376 g/mol. The molecule has 1 unspecified atom stereocenters. The Labute approximate surface area is 163 Å². The van der Waals surface area contributed by atoms with E-state index in [-0.39, 0.29) is 11.9 Å². The number of unbranched alkanes of at least 4 members (excludes halogenated alkanes) is 7. The summed E-state index contributed by atoms with van der Waals surface area (Å²) in [7, 11) is -1.24. The van der Waals surface area contributed by atoms with Gasteiger partial charge in [-0.2, -0.15) is 0 Å². The van der Waals surface area contributed by atoms with Crippen molar-refractivity contribution in [1.82, 2.24) is 5.32 Å². The van der Waals surface area contributed by atoms with E-state index in [2.05, 4.69) is 44.4 Å². The number of hydrogen-bond acceptors (Lipinski definition) is 1. The molecule has 1 amide bonds. The van der Waals surface area contributed by atoms with Gasteiger partial charge in [-0.1, -0.05) is 108 Å². The summed E-state index contributed by atoms with van der Waals surface area (Å²) in [4.78, 5) is 12.3. The van der Waals surface area contributed by atoms with Crippen molar-refractivity contribution >= 4 is 14.0 Å². The Hall–Kier alpha value is -1.09. The smallest absolute Gasteiger partial charge is 0.220 e. The SMILES string of the molecule is CCCCCCCCCC[Si](C)(C)CCC(=O)NC(C)c1ccccc1. The lowest BCUT2D eigenvalue weighted by molar-refractivity contribution is -0.121. The van der Waals surface area contributed by atoms with Crippen LogP contribution < -0.4 is 5.32 Å². The summed E-state index contributed by atoms with van der Waals surface area (Å²) < 4.78 is 0. The van der Waals surface area contributed by atoms with Gasteiger partial charge in [0.1, 0.15) is 0 Å². The van der Waals surface area contributed by atoms with Gasteiger partial charge in [0.2, 0.25) is 5.91 Å². The molecular weight excluding hydrogens is 334 g/mol. The first-order chi connectivity index (χ1) is 12.4. The summed E-state index contributed by atoms with van der Waals surface area (Å²) in [5, 5.41) is 3.15. The van der Waals surface area contributed by atoms with E-state index < -0.39 is 8.07 Å². The highest BCUT2D eigenvalue weighted by Gasteiger charge is 2.21. The molecule has 0 saturated carbocycles. The molecule has 1 atom stereocenters. The Morgan fingerprint density at radius 1 is 0.923 bits per heavy atom. The summed E-state index contributed by atoms with van der Waals surface area (Å²) in [5.41, 5.74) is 1.18. The average Bonchev–Trinajstić information content (AvgIpc) is 2.63. The Balaban J connectivity index is 2.14. The normalized spacial score (nSPS) is 12.8. The second-order valence-corrected chi connectivity index (χ2v) is 13.9. The van der Waals surface area contributed by atoms with Gasteiger partial charge >= 0.3 is 0 Å². The number of carbonyl (C=O) groups excluding carboxylic acids is 1. The standard InChI is InChI=1S/C23H41NOSi/c1-5-6-7-8-9-10-11-15-19-26(3,4)20-18-23(25)24-21(2)22-16-13-12-14-17-22/h12-14,16-17,21H,5-11,15,18-20H2,1-4H3,(H,24,25). The van der Waals surface area contributed by atoms with Crippen LogP contribution in [0.4, 0.5) is 0 Å². The molecule has 3 heteroatoms. The fourth-order valence-corrected chi connectivity index (χ4v) is 5.81. The summed E-state index contributed by atoms with van der Waals surface area (Å²) in [6.45, 7) is 9.23. The highest BCUT2D eigenvalue weighted by Crippen LogP contribution is 2.22. The first-order valence-electron chi connectivity index (χ1n) is 10.8. The molecule has 1 aromatic rings. The Morgan fingerprint density at radius 2 is 1.50 bits per heavy atom. The predicted octanol–water partition coefficient (Wildman–Crippen LogP) is 7.10. The number of benzene rings is 1. The molecule has 0 bridgehead atoms. The number of amides is 1. The molecule has 2 nitrogen and oxygen atoms in total. The molecule has 0 heterocycles. The fourth-order valence-electron chi connectivity index (χ4n) is 3.45. The van der Waals surface area contributed by atoms with Crippen molar-refractivity contribution in [2.75, 3.05) is 0 Å².